The summed E-state index contributed by atoms with van der Waals surface area (Å²) < 4.78 is 0. The Morgan fingerprint density at radius 3 is 1.44 bits per heavy atom. The van der Waals surface area contributed by atoms with Crippen LogP contribution in [0.25, 0.3) is 0 Å². The maximum atomic E-state index is 10.1. The fourth-order valence-corrected chi connectivity index (χ4v) is 0.286. The molecule has 0 aliphatic heterocycles. The van der Waals surface area contributed by atoms with Crippen molar-refractivity contribution in [3.8, 4) is 0 Å². The Hall–Kier alpha value is -0.181. The molecular formula is C5H8MnO3. The van der Waals surface area contributed by atoms with Gasteiger partial charge in [-0.3, -0.25) is 9.59 Å². The quantitative estimate of drug-likeness (QED) is 0.451. The summed E-state index contributed by atoms with van der Waals surface area (Å²) in [5.41, 5.74) is 0. The first-order valence-electron chi connectivity index (χ1n) is 2.24. The van der Waals surface area contributed by atoms with Crippen LogP contribution in [0.2, 0.25) is 0 Å². The molecule has 0 heterocycles. The van der Waals surface area contributed by atoms with Gasteiger partial charge < -0.3 is 5.11 Å². The van der Waals surface area contributed by atoms with Gasteiger partial charge in [0.2, 0.25) is 0 Å². The Bertz CT molecular complexity index is 107. The van der Waals surface area contributed by atoms with Crippen molar-refractivity contribution in [2.24, 2.45) is 0 Å². The summed E-state index contributed by atoms with van der Waals surface area (Å²) in [7, 11) is 0. The van der Waals surface area contributed by atoms with E-state index < -0.39 is 17.7 Å². The third-order valence-electron chi connectivity index (χ3n) is 0.770. The molecule has 0 spiro atoms. The van der Waals surface area contributed by atoms with Gasteiger partial charge in [0.25, 0.3) is 0 Å². The monoisotopic (exact) mass is 171 g/mol. The van der Waals surface area contributed by atoms with Gasteiger partial charge in [-0.2, -0.15) is 0 Å². The molecule has 0 amide bonds. The number of hydrogen-bond donors (Lipinski definition) is 1. The number of carbonyl (C=O) groups is 2. The number of aliphatic hydroxyl groups is 1. The summed E-state index contributed by atoms with van der Waals surface area (Å²) >= 11 is 0. The fraction of sp³-hybridized carbons (Fsp3) is 0.600. The van der Waals surface area contributed by atoms with Crippen molar-refractivity contribution in [3.63, 3.8) is 0 Å². The SMILES string of the molecule is CC(=O)C(O)C(C)=O.[Mn]. The van der Waals surface area contributed by atoms with E-state index in [1.807, 2.05) is 0 Å². The van der Waals surface area contributed by atoms with Crippen molar-refractivity contribution in [2.75, 3.05) is 0 Å². The molecule has 0 fully saturated rings. The molecule has 0 aromatic heterocycles. The van der Waals surface area contributed by atoms with Crippen LogP contribution in [0.5, 0.6) is 0 Å². The molecule has 0 saturated carbocycles. The van der Waals surface area contributed by atoms with Crippen LogP contribution in [0.3, 0.4) is 0 Å². The van der Waals surface area contributed by atoms with Gasteiger partial charge >= 0.3 is 0 Å². The molecule has 3 nitrogen and oxygen atoms in total. The molecule has 0 aromatic rings. The molecular weight excluding hydrogens is 163 g/mol. The van der Waals surface area contributed by atoms with E-state index in [4.69, 9.17) is 5.11 Å². The second-order valence-electron chi connectivity index (χ2n) is 1.62. The van der Waals surface area contributed by atoms with Crippen molar-refractivity contribution in [2.45, 2.75) is 20.0 Å². The third-order valence-corrected chi connectivity index (χ3v) is 0.770. The fourth-order valence-electron chi connectivity index (χ4n) is 0.286. The number of aliphatic hydroxyl groups excluding tert-OH is 1. The number of rotatable bonds is 2. The zero-order valence-electron chi connectivity index (χ0n) is 5.22. The van der Waals surface area contributed by atoms with E-state index in [-0.39, 0.29) is 17.1 Å². The maximum Gasteiger partial charge on any atom is 0.170 e. The average molecular weight is 171 g/mol. The van der Waals surface area contributed by atoms with Crippen LogP contribution in [0.15, 0.2) is 0 Å². The molecule has 1 N–H and O–H groups in total. The number of hydrogen-bond acceptors (Lipinski definition) is 3. The zero-order chi connectivity index (χ0) is 6.73. The van der Waals surface area contributed by atoms with Crippen LogP contribution < -0.4 is 0 Å². The number of ketones is 2. The summed E-state index contributed by atoms with van der Waals surface area (Å²) in [5.74, 6) is -1.00. The van der Waals surface area contributed by atoms with Gasteiger partial charge in [0, 0.05) is 17.1 Å². The maximum absolute atomic E-state index is 10.1. The molecule has 0 bridgehead atoms. The second-order valence-corrected chi connectivity index (χ2v) is 1.62. The number of Topliss-reactive ketones (excluding diaryl/α,β-unsaturated/α-hetero) is 2. The van der Waals surface area contributed by atoms with E-state index >= 15 is 0 Å². The summed E-state index contributed by atoms with van der Waals surface area (Å²) in [5, 5.41) is 8.50. The standard InChI is InChI=1S/C5H8O3.Mn/c1-3(6)5(8)4(2)7;/h5,8H,1-2H3;. The topological polar surface area (TPSA) is 54.4 Å². The molecule has 0 saturated heterocycles. The van der Waals surface area contributed by atoms with Gasteiger partial charge in [-0.05, 0) is 13.8 Å². The first-order valence-corrected chi connectivity index (χ1v) is 2.24. The molecule has 0 rings (SSSR count). The van der Waals surface area contributed by atoms with E-state index in [2.05, 4.69) is 0 Å². The van der Waals surface area contributed by atoms with Gasteiger partial charge in [-0.1, -0.05) is 0 Å². The van der Waals surface area contributed by atoms with Crippen LogP contribution in [-0.2, 0) is 26.7 Å². The van der Waals surface area contributed by atoms with E-state index in [1.54, 1.807) is 0 Å². The molecule has 1 radical (unpaired) electrons. The van der Waals surface area contributed by atoms with Crippen LogP contribution >= 0.6 is 0 Å². The van der Waals surface area contributed by atoms with E-state index in [0.717, 1.165) is 0 Å². The predicted molar refractivity (Wildman–Crippen MR) is 27.4 cm³/mol. The Morgan fingerprint density at radius 2 is 1.44 bits per heavy atom. The first kappa shape index (κ1) is 11.6. The van der Waals surface area contributed by atoms with E-state index in [0.29, 0.717) is 0 Å². The first-order chi connectivity index (χ1) is 3.55. The molecule has 53 valence electrons. The van der Waals surface area contributed by atoms with Crippen molar-refractivity contribution in [1.82, 2.24) is 0 Å². The van der Waals surface area contributed by atoms with Crippen molar-refractivity contribution in [1.29, 1.82) is 0 Å². The van der Waals surface area contributed by atoms with Crippen LogP contribution in [0, 0.1) is 0 Å². The van der Waals surface area contributed by atoms with Crippen LogP contribution in [0.4, 0.5) is 0 Å². The van der Waals surface area contributed by atoms with Crippen LogP contribution in [0.1, 0.15) is 13.8 Å². The van der Waals surface area contributed by atoms with Crippen LogP contribution in [-0.4, -0.2) is 22.8 Å². The Kier molecular flexibility index (Phi) is 6.02. The molecule has 4 heteroatoms. The van der Waals surface area contributed by atoms with Gasteiger partial charge in [0.05, 0.1) is 0 Å². The van der Waals surface area contributed by atoms with Gasteiger partial charge in [-0.25, -0.2) is 0 Å². The minimum Gasteiger partial charge on any atom is -0.378 e. The summed E-state index contributed by atoms with van der Waals surface area (Å²) in [4.78, 5) is 20.2. The van der Waals surface area contributed by atoms with Gasteiger partial charge in [0.15, 0.2) is 17.7 Å². The molecule has 0 aliphatic carbocycles. The third kappa shape index (κ3) is 4.33. The molecule has 0 atom stereocenters. The molecule has 9 heavy (non-hydrogen) atoms. The summed E-state index contributed by atoms with van der Waals surface area (Å²) in [6.45, 7) is 2.35. The Morgan fingerprint density at radius 1 is 1.22 bits per heavy atom. The molecule has 0 aromatic carbocycles. The Balaban J connectivity index is 0. The van der Waals surface area contributed by atoms with E-state index in [1.165, 1.54) is 13.8 Å². The van der Waals surface area contributed by atoms with Crippen molar-refractivity contribution >= 4 is 11.6 Å². The molecule has 0 aliphatic rings. The van der Waals surface area contributed by atoms with Gasteiger partial charge in [-0.15, -0.1) is 0 Å². The predicted octanol–water partition coefficient (Wildman–Crippen LogP) is -0.477. The van der Waals surface area contributed by atoms with E-state index in [9.17, 15) is 9.59 Å². The summed E-state index contributed by atoms with van der Waals surface area (Å²) in [6, 6.07) is 0. The minimum absolute atomic E-state index is 0. The van der Waals surface area contributed by atoms with Crippen molar-refractivity contribution < 1.29 is 31.8 Å². The summed E-state index contributed by atoms with van der Waals surface area (Å²) in [6.07, 6.45) is -1.41. The zero-order valence-corrected chi connectivity index (χ0v) is 6.40. The number of carbonyl (C=O) groups excluding carboxylic acids is 2. The molecule has 0 unspecified atom stereocenters. The Labute approximate surface area is 63.9 Å². The van der Waals surface area contributed by atoms with Crippen molar-refractivity contribution in [3.05, 3.63) is 0 Å². The normalized spacial score (nSPS) is 8.44. The second kappa shape index (κ2) is 4.68. The minimum atomic E-state index is -1.41. The van der Waals surface area contributed by atoms with Gasteiger partial charge in [0.1, 0.15) is 0 Å². The smallest absolute Gasteiger partial charge is 0.170 e. The largest absolute Gasteiger partial charge is 0.378 e. The average Bonchev–Trinajstić information content (AvgIpc) is 1.64.